The van der Waals surface area contributed by atoms with Gasteiger partial charge in [-0.3, -0.25) is 0 Å². The number of benzene rings is 1. The number of piperidine rings is 1. The second-order valence-electron chi connectivity index (χ2n) is 5.20. The van der Waals surface area contributed by atoms with E-state index in [2.05, 4.69) is 35.2 Å². The summed E-state index contributed by atoms with van der Waals surface area (Å²) in [7, 11) is 0. The van der Waals surface area contributed by atoms with Gasteiger partial charge in [0.05, 0.1) is 0 Å². The molecule has 0 aromatic heterocycles. The van der Waals surface area contributed by atoms with Gasteiger partial charge in [0.1, 0.15) is 0 Å². The molecule has 2 N–H and O–H groups in total. The fourth-order valence-corrected chi connectivity index (χ4v) is 3.50. The van der Waals surface area contributed by atoms with Crippen LogP contribution in [0.15, 0.2) is 30.3 Å². The molecule has 1 aromatic carbocycles. The van der Waals surface area contributed by atoms with Crippen LogP contribution in [0.2, 0.25) is 0 Å². The average Bonchev–Trinajstić information content (AvgIpc) is 2.61. The molecule has 2 heterocycles. The van der Waals surface area contributed by atoms with Crippen LogP contribution in [0.4, 0.5) is 5.69 Å². The number of fused-ring (bicyclic) bond motifs is 2. The van der Waals surface area contributed by atoms with Crippen LogP contribution in [0.5, 0.6) is 0 Å². The highest BCUT2D eigenvalue weighted by molar-refractivity contribution is 5.50. The maximum Gasteiger partial charge on any atom is 0.0371 e. The van der Waals surface area contributed by atoms with Crippen LogP contribution in [0, 0.1) is 5.92 Å². The third-order valence-corrected chi connectivity index (χ3v) is 4.22. The maximum atomic E-state index is 5.82. The zero-order chi connectivity index (χ0) is 11.0. The standard InChI is InChI=1S/C14H20N2/c15-10-11-8-13-6-7-14(9-11)16(13)12-4-2-1-3-5-12/h1-5,11,13-14H,6-10,15H2. The highest BCUT2D eigenvalue weighted by Crippen LogP contribution is 2.41. The van der Waals surface area contributed by atoms with Gasteiger partial charge in [0.2, 0.25) is 0 Å². The van der Waals surface area contributed by atoms with Crippen LogP contribution in [-0.2, 0) is 0 Å². The molecular weight excluding hydrogens is 196 g/mol. The van der Waals surface area contributed by atoms with Gasteiger partial charge in [-0.25, -0.2) is 0 Å². The minimum Gasteiger partial charge on any atom is -0.366 e. The van der Waals surface area contributed by atoms with Crippen LogP contribution in [-0.4, -0.2) is 18.6 Å². The number of nitrogens with two attached hydrogens (primary N) is 1. The van der Waals surface area contributed by atoms with E-state index in [1.165, 1.54) is 31.4 Å². The zero-order valence-electron chi connectivity index (χ0n) is 9.68. The largest absolute Gasteiger partial charge is 0.366 e. The lowest BCUT2D eigenvalue weighted by Gasteiger charge is -2.40. The predicted octanol–water partition coefficient (Wildman–Crippen LogP) is 2.39. The molecule has 0 radical (unpaired) electrons. The summed E-state index contributed by atoms with van der Waals surface area (Å²) < 4.78 is 0. The van der Waals surface area contributed by atoms with Crippen LogP contribution in [0.1, 0.15) is 25.7 Å². The van der Waals surface area contributed by atoms with Gasteiger partial charge in [0.15, 0.2) is 0 Å². The Morgan fingerprint density at radius 2 is 1.69 bits per heavy atom. The predicted molar refractivity (Wildman–Crippen MR) is 67.5 cm³/mol. The summed E-state index contributed by atoms with van der Waals surface area (Å²) in [5.41, 5.74) is 7.23. The summed E-state index contributed by atoms with van der Waals surface area (Å²) >= 11 is 0. The van der Waals surface area contributed by atoms with Crippen molar-refractivity contribution in [3.8, 4) is 0 Å². The number of para-hydroxylation sites is 1. The lowest BCUT2D eigenvalue weighted by molar-refractivity contribution is 0.347. The van der Waals surface area contributed by atoms with E-state index in [9.17, 15) is 0 Å². The Kier molecular flexibility index (Phi) is 2.60. The summed E-state index contributed by atoms with van der Waals surface area (Å²) in [5.74, 6) is 0.762. The van der Waals surface area contributed by atoms with Gasteiger partial charge in [-0.1, -0.05) is 18.2 Å². The molecule has 0 saturated carbocycles. The average molecular weight is 216 g/mol. The number of hydrogen-bond acceptors (Lipinski definition) is 2. The van der Waals surface area contributed by atoms with E-state index in [0.717, 1.165) is 24.5 Å². The normalized spacial score (nSPS) is 33.1. The first-order valence-corrected chi connectivity index (χ1v) is 6.42. The molecule has 2 unspecified atom stereocenters. The lowest BCUT2D eigenvalue weighted by Crippen LogP contribution is -2.44. The van der Waals surface area contributed by atoms with E-state index in [4.69, 9.17) is 5.73 Å². The molecule has 2 saturated heterocycles. The highest BCUT2D eigenvalue weighted by Gasteiger charge is 2.39. The van der Waals surface area contributed by atoms with Crippen molar-refractivity contribution in [2.75, 3.05) is 11.4 Å². The molecule has 2 nitrogen and oxygen atoms in total. The highest BCUT2D eigenvalue weighted by atomic mass is 15.2. The Labute approximate surface area is 97.4 Å². The third-order valence-electron chi connectivity index (χ3n) is 4.22. The van der Waals surface area contributed by atoms with Gasteiger partial charge < -0.3 is 10.6 Å². The van der Waals surface area contributed by atoms with Crippen molar-refractivity contribution in [1.29, 1.82) is 0 Å². The molecule has 0 aliphatic carbocycles. The summed E-state index contributed by atoms with van der Waals surface area (Å²) in [4.78, 5) is 2.64. The molecule has 2 bridgehead atoms. The van der Waals surface area contributed by atoms with Crippen molar-refractivity contribution in [3.05, 3.63) is 30.3 Å². The van der Waals surface area contributed by atoms with Crippen molar-refractivity contribution < 1.29 is 0 Å². The van der Waals surface area contributed by atoms with E-state index in [1.807, 2.05) is 0 Å². The Bertz CT molecular complexity index is 335. The fourth-order valence-electron chi connectivity index (χ4n) is 3.50. The SMILES string of the molecule is NCC1CC2CCC(C1)N2c1ccccc1. The molecule has 0 spiro atoms. The molecule has 86 valence electrons. The van der Waals surface area contributed by atoms with Crippen LogP contribution in [0.25, 0.3) is 0 Å². The van der Waals surface area contributed by atoms with Gasteiger partial charge in [0.25, 0.3) is 0 Å². The van der Waals surface area contributed by atoms with Crippen molar-refractivity contribution in [1.82, 2.24) is 0 Å². The summed E-state index contributed by atoms with van der Waals surface area (Å²) in [6.07, 6.45) is 5.30. The Balaban J connectivity index is 1.84. The van der Waals surface area contributed by atoms with Crippen LogP contribution >= 0.6 is 0 Å². The molecular formula is C14H20N2. The zero-order valence-corrected chi connectivity index (χ0v) is 9.68. The number of anilines is 1. The lowest BCUT2D eigenvalue weighted by atomic mass is 9.90. The molecule has 1 aromatic rings. The number of hydrogen-bond donors (Lipinski definition) is 1. The Morgan fingerprint density at radius 3 is 2.25 bits per heavy atom. The van der Waals surface area contributed by atoms with E-state index in [1.54, 1.807) is 0 Å². The van der Waals surface area contributed by atoms with Gasteiger partial charge in [-0.2, -0.15) is 0 Å². The molecule has 2 atom stereocenters. The topological polar surface area (TPSA) is 29.3 Å². The fraction of sp³-hybridized carbons (Fsp3) is 0.571. The molecule has 3 rings (SSSR count). The second-order valence-corrected chi connectivity index (χ2v) is 5.20. The van der Waals surface area contributed by atoms with Gasteiger partial charge in [-0.05, 0) is 50.3 Å². The minimum atomic E-state index is 0.745. The summed E-state index contributed by atoms with van der Waals surface area (Å²) in [5, 5.41) is 0. The maximum absolute atomic E-state index is 5.82. The van der Waals surface area contributed by atoms with E-state index in [-0.39, 0.29) is 0 Å². The van der Waals surface area contributed by atoms with Gasteiger partial charge in [-0.15, -0.1) is 0 Å². The second kappa shape index (κ2) is 4.10. The van der Waals surface area contributed by atoms with Gasteiger partial charge in [0, 0.05) is 17.8 Å². The molecule has 16 heavy (non-hydrogen) atoms. The number of rotatable bonds is 2. The summed E-state index contributed by atoms with van der Waals surface area (Å²) in [6.45, 7) is 0.871. The first-order chi connectivity index (χ1) is 7.88. The number of nitrogens with zero attached hydrogens (tertiary/aromatic N) is 1. The Morgan fingerprint density at radius 1 is 1.06 bits per heavy atom. The van der Waals surface area contributed by atoms with E-state index in [0.29, 0.717) is 0 Å². The van der Waals surface area contributed by atoms with Gasteiger partial charge >= 0.3 is 0 Å². The smallest absolute Gasteiger partial charge is 0.0371 e. The van der Waals surface area contributed by atoms with Crippen LogP contribution < -0.4 is 10.6 Å². The minimum absolute atomic E-state index is 0.745. The third kappa shape index (κ3) is 1.61. The van der Waals surface area contributed by atoms with Crippen molar-refractivity contribution in [2.45, 2.75) is 37.8 Å². The van der Waals surface area contributed by atoms with Crippen molar-refractivity contribution in [2.24, 2.45) is 11.7 Å². The quantitative estimate of drug-likeness (QED) is 0.822. The molecule has 2 aliphatic heterocycles. The Hall–Kier alpha value is -1.02. The monoisotopic (exact) mass is 216 g/mol. The van der Waals surface area contributed by atoms with Crippen LogP contribution in [0.3, 0.4) is 0 Å². The summed E-state index contributed by atoms with van der Waals surface area (Å²) in [6, 6.07) is 12.4. The van der Waals surface area contributed by atoms with Crippen molar-refractivity contribution in [3.63, 3.8) is 0 Å². The van der Waals surface area contributed by atoms with E-state index >= 15 is 0 Å². The molecule has 2 heteroatoms. The van der Waals surface area contributed by atoms with Crippen molar-refractivity contribution >= 4 is 5.69 Å². The molecule has 0 amide bonds. The van der Waals surface area contributed by atoms with E-state index < -0.39 is 0 Å². The molecule has 2 fully saturated rings. The first kappa shape index (κ1) is 10.2. The molecule has 2 aliphatic rings. The first-order valence-electron chi connectivity index (χ1n) is 6.42.